The minimum absolute atomic E-state index is 0.00212. The predicted octanol–water partition coefficient (Wildman–Crippen LogP) is -0.919. The first-order chi connectivity index (χ1) is 9.44. The van der Waals surface area contributed by atoms with Crippen molar-refractivity contribution in [2.24, 2.45) is 11.7 Å². The molecule has 0 bridgehead atoms. The summed E-state index contributed by atoms with van der Waals surface area (Å²) in [5.41, 5.74) is 5.18. The van der Waals surface area contributed by atoms with E-state index < -0.39 is 12.0 Å². The number of amides is 2. The van der Waals surface area contributed by atoms with Crippen LogP contribution in [0.25, 0.3) is 0 Å². The second-order valence-corrected chi connectivity index (χ2v) is 4.88. The molecule has 3 N–H and O–H groups in total. The highest BCUT2D eigenvalue weighted by Crippen LogP contribution is 2.20. The van der Waals surface area contributed by atoms with Gasteiger partial charge >= 0.3 is 12.1 Å². The first kappa shape index (κ1) is 16.2. The largest absolute Gasteiger partial charge is 0.469 e. The van der Waals surface area contributed by atoms with Crippen molar-refractivity contribution in [2.45, 2.75) is 18.9 Å². The number of piperidine rings is 1. The fourth-order valence-corrected chi connectivity index (χ4v) is 2.45. The maximum Gasteiger partial charge on any atom is 0.407 e. The molecule has 0 aliphatic carbocycles. The zero-order valence-corrected chi connectivity index (χ0v) is 11.8. The van der Waals surface area contributed by atoms with Crippen molar-refractivity contribution in [3.8, 4) is 0 Å². The lowest BCUT2D eigenvalue weighted by atomic mass is 9.91. The lowest BCUT2D eigenvalue weighted by Gasteiger charge is -2.36. The molecule has 1 fully saturated rings. The molecule has 1 saturated heterocycles. The number of methoxy groups -OCH3 is 2. The van der Waals surface area contributed by atoms with E-state index in [4.69, 9.17) is 5.73 Å². The molecule has 1 heterocycles. The van der Waals surface area contributed by atoms with Crippen molar-refractivity contribution in [1.29, 1.82) is 0 Å². The van der Waals surface area contributed by atoms with E-state index in [0.29, 0.717) is 19.5 Å². The summed E-state index contributed by atoms with van der Waals surface area (Å²) < 4.78 is 9.20. The Kier molecular flexibility index (Phi) is 6.23. The van der Waals surface area contributed by atoms with Gasteiger partial charge in [0.25, 0.3) is 0 Å². The molecule has 2 unspecified atom stereocenters. The lowest BCUT2D eigenvalue weighted by Crippen LogP contribution is -2.52. The maximum absolute atomic E-state index is 11.3. The molecule has 0 radical (unpaired) electrons. The fourth-order valence-electron chi connectivity index (χ4n) is 2.45. The van der Waals surface area contributed by atoms with Gasteiger partial charge in [0, 0.05) is 25.6 Å². The molecule has 8 nitrogen and oxygen atoms in total. The van der Waals surface area contributed by atoms with Crippen LogP contribution >= 0.6 is 0 Å². The Bertz CT molecular complexity index is 348. The van der Waals surface area contributed by atoms with Crippen molar-refractivity contribution in [3.05, 3.63) is 0 Å². The van der Waals surface area contributed by atoms with Gasteiger partial charge in [-0.3, -0.25) is 14.5 Å². The molecule has 1 aliphatic heterocycles. The van der Waals surface area contributed by atoms with Gasteiger partial charge in [0.05, 0.1) is 20.8 Å². The van der Waals surface area contributed by atoms with Crippen LogP contribution in [0.5, 0.6) is 0 Å². The van der Waals surface area contributed by atoms with Crippen LogP contribution in [0.15, 0.2) is 0 Å². The van der Waals surface area contributed by atoms with Gasteiger partial charge in [0.1, 0.15) is 0 Å². The second kappa shape index (κ2) is 7.68. The Labute approximate surface area is 117 Å². The van der Waals surface area contributed by atoms with Crippen LogP contribution < -0.4 is 11.1 Å². The van der Waals surface area contributed by atoms with Crippen LogP contribution in [0.3, 0.4) is 0 Å². The molecule has 0 aromatic rings. The minimum atomic E-state index is -0.534. The van der Waals surface area contributed by atoms with Gasteiger partial charge in [-0.25, -0.2) is 4.79 Å². The number of likely N-dealkylation sites (tertiary alicyclic amines) is 1. The maximum atomic E-state index is 11.3. The van der Waals surface area contributed by atoms with Gasteiger partial charge in [-0.2, -0.15) is 0 Å². The SMILES string of the molecule is COC(=O)CC1CC(NC(=O)OC)CN(CC(N)=O)C1. The van der Waals surface area contributed by atoms with E-state index in [-0.39, 0.29) is 30.9 Å². The van der Waals surface area contributed by atoms with Crippen molar-refractivity contribution in [2.75, 3.05) is 33.9 Å². The number of ether oxygens (including phenoxy) is 2. The number of nitrogens with zero attached hydrogens (tertiary/aromatic N) is 1. The number of hydrogen-bond acceptors (Lipinski definition) is 6. The van der Waals surface area contributed by atoms with Crippen molar-refractivity contribution in [3.63, 3.8) is 0 Å². The zero-order chi connectivity index (χ0) is 15.1. The third-order valence-electron chi connectivity index (χ3n) is 3.18. The predicted molar refractivity (Wildman–Crippen MR) is 69.7 cm³/mol. The fraction of sp³-hybridized carbons (Fsp3) is 0.750. The van der Waals surface area contributed by atoms with Gasteiger partial charge < -0.3 is 20.5 Å². The molecule has 0 saturated carbocycles. The summed E-state index contributed by atoms with van der Waals surface area (Å²) in [5.74, 6) is -0.758. The van der Waals surface area contributed by atoms with Crippen molar-refractivity contribution in [1.82, 2.24) is 10.2 Å². The van der Waals surface area contributed by atoms with Crippen LogP contribution in [-0.2, 0) is 19.1 Å². The standard InChI is InChI=1S/C12H21N3O5/c1-19-11(17)4-8-3-9(14-12(18)20-2)6-15(5-8)7-10(13)16/h8-9H,3-7H2,1-2H3,(H2,13,16)(H,14,18). The van der Waals surface area contributed by atoms with Crippen LogP contribution in [0.4, 0.5) is 4.79 Å². The Morgan fingerprint density at radius 1 is 1.25 bits per heavy atom. The van der Waals surface area contributed by atoms with E-state index in [9.17, 15) is 14.4 Å². The molecular weight excluding hydrogens is 266 g/mol. The number of nitrogens with two attached hydrogens (primary N) is 1. The molecule has 1 rings (SSSR count). The normalized spacial score (nSPS) is 22.9. The number of hydrogen-bond donors (Lipinski definition) is 2. The number of esters is 1. The van der Waals surface area contributed by atoms with E-state index in [0.717, 1.165) is 0 Å². The third-order valence-corrected chi connectivity index (χ3v) is 3.18. The Hall–Kier alpha value is -1.83. The molecule has 0 spiro atoms. The second-order valence-electron chi connectivity index (χ2n) is 4.88. The highest BCUT2D eigenvalue weighted by molar-refractivity contribution is 5.76. The first-order valence-corrected chi connectivity index (χ1v) is 6.36. The molecule has 1 aliphatic rings. The topological polar surface area (TPSA) is 111 Å². The summed E-state index contributed by atoms with van der Waals surface area (Å²) in [5, 5.41) is 2.69. The molecule has 2 atom stereocenters. The average molecular weight is 287 g/mol. The van der Waals surface area contributed by atoms with Crippen LogP contribution in [-0.4, -0.2) is 62.8 Å². The smallest absolute Gasteiger partial charge is 0.407 e. The summed E-state index contributed by atoms with van der Waals surface area (Å²) in [6, 6.07) is -0.190. The highest BCUT2D eigenvalue weighted by atomic mass is 16.5. The summed E-state index contributed by atoms with van der Waals surface area (Å²) in [4.78, 5) is 35.4. The van der Waals surface area contributed by atoms with Crippen LogP contribution in [0, 0.1) is 5.92 Å². The molecule has 114 valence electrons. The third kappa shape index (κ3) is 5.43. The number of carbonyl (C=O) groups is 3. The molecule has 2 amide bonds. The Morgan fingerprint density at radius 2 is 1.95 bits per heavy atom. The van der Waals surface area contributed by atoms with E-state index in [1.54, 1.807) is 0 Å². The highest BCUT2D eigenvalue weighted by Gasteiger charge is 2.30. The summed E-state index contributed by atoms with van der Waals surface area (Å²) >= 11 is 0. The zero-order valence-electron chi connectivity index (χ0n) is 11.8. The number of carbonyl (C=O) groups excluding carboxylic acids is 3. The molecule has 0 aromatic heterocycles. The number of alkyl carbamates (subject to hydrolysis) is 1. The van der Waals surface area contributed by atoms with E-state index in [1.165, 1.54) is 14.2 Å². The molecule has 0 aromatic carbocycles. The quantitative estimate of drug-likeness (QED) is 0.633. The monoisotopic (exact) mass is 287 g/mol. The Balaban J connectivity index is 2.63. The van der Waals surface area contributed by atoms with E-state index >= 15 is 0 Å². The van der Waals surface area contributed by atoms with Crippen LogP contribution in [0.1, 0.15) is 12.8 Å². The molecule has 8 heteroatoms. The lowest BCUT2D eigenvalue weighted by molar-refractivity contribution is -0.142. The number of rotatable bonds is 5. The number of primary amides is 1. The summed E-state index contributed by atoms with van der Waals surface area (Å²) in [6.07, 6.45) is 0.331. The van der Waals surface area contributed by atoms with Gasteiger partial charge in [0.2, 0.25) is 5.91 Å². The van der Waals surface area contributed by atoms with Gasteiger partial charge in [-0.15, -0.1) is 0 Å². The van der Waals surface area contributed by atoms with E-state index in [2.05, 4.69) is 14.8 Å². The van der Waals surface area contributed by atoms with E-state index in [1.807, 2.05) is 4.90 Å². The van der Waals surface area contributed by atoms with Crippen LogP contribution in [0.2, 0.25) is 0 Å². The average Bonchev–Trinajstić information content (AvgIpc) is 2.37. The molecule has 20 heavy (non-hydrogen) atoms. The van der Waals surface area contributed by atoms with Gasteiger partial charge in [0.15, 0.2) is 0 Å². The van der Waals surface area contributed by atoms with Crippen molar-refractivity contribution >= 4 is 18.0 Å². The van der Waals surface area contributed by atoms with Crippen molar-refractivity contribution < 1.29 is 23.9 Å². The summed E-state index contributed by atoms with van der Waals surface area (Å²) in [7, 11) is 2.61. The Morgan fingerprint density at radius 3 is 2.50 bits per heavy atom. The first-order valence-electron chi connectivity index (χ1n) is 6.36. The minimum Gasteiger partial charge on any atom is -0.469 e. The van der Waals surface area contributed by atoms with Gasteiger partial charge in [-0.05, 0) is 12.3 Å². The summed E-state index contributed by atoms with van der Waals surface area (Å²) in [6.45, 7) is 1.16. The van der Waals surface area contributed by atoms with Gasteiger partial charge in [-0.1, -0.05) is 0 Å². The molecular formula is C12H21N3O5. The number of nitrogens with one attached hydrogen (secondary N) is 1.